The number of pyridine rings is 1. The summed E-state index contributed by atoms with van der Waals surface area (Å²) in [5, 5.41) is 1.10. The molecule has 8 heteroatoms. The van der Waals surface area contributed by atoms with Crippen molar-refractivity contribution in [1.29, 1.82) is 0 Å². The molecule has 0 spiro atoms. The first-order valence-electron chi connectivity index (χ1n) is 6.87. The standard InChI is InChI=1S/C16H12ClN3O3S/c1-23-10-2-3-11-12(8-10)24-14(13(11)17)16(22)20-19-15(21)9-4-6-18-7-5-9/h2-8H,1H3,(H,19,21)(H,20,22). The molecule has 2 amide bonds. The first-order chi connectivity index (χ1) is 11.6. The second kappa shape index (κ2) is 6.86. The predicted molar refractivity (Wildman–Crippen MR) is 92.6 cm³/mol. The van der Waals surface area contributed by atoms with E-state index in [0.717, 1.165) is 10.1 Å². The molecule has 0 saturated heterocycles. The van der Waals surface area contributed by atoms with Gasteiger partial charge in [0.25, 0.3) is 11.8 Å². The lowest BCUT2D eigenvalue weighted by atomic mass is 10.2. The Balaban J connectivity index is 1.76. The highest BCUT2D eigenvalue weighted by atomic mass is 35.5. The number of rotatable bonds is 3. The summed E-state index contributed by atoms with van der Waals surface area (Å²) >= 11 is 7.49. The monoisotopic (exact) mass is 361 g/mol. The van der Waals surface area contributed by atoms with Crippen LogP contribution in [0.2, 0.25) is 5.02 Å². The summed E-state index contributed by atoms with van der Waals surface area (Å²) in [6.45, 7) is 0. The van der Waals surface area contributed by atoms with Crippen LogP contribution in [0.25, 0.3) is 10.1 Å². The van der Waals surface area contributed by atoms with Crippen molar-refractivity contribution in [2.24, 2.45) is 0 Å². The van der Waals surface area contributed by atoms with E-state index in [1.807, 2.05) is 0 Å². The van der Waals surface area contributed by atoms with E-state index in [2.05, 4.69) is 15.8 Å². The summed E-state index contributed by atoms with van der Waals surface area (Å²) in [7, 11) is 1.57. The lowest BCUT2D eigenvalue weighted by Crippen LogP contribution is -2.41. The molecule has 1 aromatic carbocycles. The normalized spacial score (nSPS) is 10.4. The fourth-order valence-corrected chi connectivity index (χ4v) is 3.50. The molecule has 3 rings (SSSR count). The Morgan fingerprint density at radius 2 is 1.83 bits per heavy atom. The molecule has 2 N–H and O–H groups in total. The van der Waals surface area contributed by atoms with Crippen molar-refractivity contribution in [2.45, 2.75) is 0 Å². The highest BCUT2D eigenvalue weighted by Crippen LogP contribution is 2.37. The smallest absolute Gasteiger partial charge is 0.281 e. The van der Waals surface area contributed by atoms with Crippen LogP contribution in [0.5, 0.6) is 5.75 Å². The van der Waals surface area contributed by atoms with E-state index < -0.39 is 11.8 Å². The maximum atomic E-state index is 12.3. The van der Waals surface area contributed by atoms with Gasteiger partial charge in [0.1, 0.15) is 10.6 Å². The number of benzene rings is 1. The third-order valence-electron chi connectivity index (χ3n) is 3.27. The molecule has 3 aromatic rings. The number of halogens is 1. The summed E-state index contributed by atoms with van der Waals surface area (Å²) in [6.07, 6.45) is 2.99. The Morgan fingerprint density at radius 3 is 2.54 bits per heavy atom. The number of aromatic nitrogens is 1. The molecule has 0 bridgehead atoms. The van der Waals surface area contributed by atoms with Crippen molar-refractivity contribution in [1.82, 2.24) is 15.8 Å². The molecule has 0 aliphatic heterocycles. The van der Waals surface area contributed by atoms with Gasteiger partial charge in [-0.2, -0.15) is 0 Å². The zero-order valence-corrected chi connectivity index (χ0v) is 14.1. The minimum absolute atomic E-state index is 0.315. The van der Waals surface area contributed by atoms with E-state index in [1.165, 1.54) is 23.7 Å². The maximum absolute atomic E-state index is 12.3. The summed E-state index contributed by atoms with van der Waals surface area (Å²) < 4.78 is 5.98. The zero-order valence-electron chi connectivity index (χ0n) is 12.5. The first-order valence-corrected chi connectivity index (χ1v) is 8.06. The minimum Gasteiger partial charge on any atom is -0.497 e. The predicted octanol–water partition coefficient (Wildman–Crippen LogP) is 3.03. The first kappa shape index (κ1) is 16.2. The maximum Gasteiger partial charge on any atom is 0.281 e. The Kier molecular flexibility index (Phi) is 4.64. The van der Waals surface area contributed by atoms with Crippen LogP contribution in [0.4, 0.5) is 0 Å². The molecule has 2 aromatic heterocycles. The van der Waals surface area contributed by atoms with Crippen molar-refractivity contribution >= 4 is 44.8 Å². The molecule has 2 heterocycles. The number of amides is 2. The Hall–Kier alpha value is -2.64. The topological polar surface area (TPSA) is 80.3 Å². The van der Waals surface area contributed by atoms with Gasteiger partial charge in [0.2, 0.25) is 0 Å². The van der Waals surface area contributed by atoms with Gasteiger partial charge in [-0.05, 0) is 30.3 Å². The molecule has 0 atom stereocenters. The quantitative estimate of drug-likeness (QED) is 0.703. The highest BCUT2D eigenvalue weighted by molar-refractivity contribution is 7.21. The molecule has 0 aliphatic rings. The van der Waals surface area contributed by atoms with Crippen LogP contribution in [-0.2, 0) is 0 Å². The SMILES string of the molecule is COc1ccc2c(Cl)c(C(=O)NNC(=O)c3ccncc3)sc2c1. The van der Waals surface area contributed by atoms with Crippen LogP contribution < -0.4 is 15.6 Å². The molecule has 0 radical (unpaired) electrons. The van der Waals surface area contributed by atoms with Gasteiger partial charge in [-0.3, -0.25) is 25.4 Å². The van der Waals surface area contributed by atoms with Crippen LogP contribution in [0.3, 0.4) is 0 Å². The molecule has 6 nitrogen and oxygen atoms in total. The number of hydrogen-bond acceptors (Lipinski definition) is 5. The average molecular weight is 362 g/mol. The number of ether oxygens (including phenoxy) is 1. The summed E-state index contributed by atoms with van der Waals surface area (Å²) in [4.78, 5) is 28.3. The molecule has 0 fully saturated rings. The van der Waals surface area contributed by atoms with Gasteiger partial charge in [-0.1, -0.05) is 11.6 Å². The molecule has 122 valence electrons. The summed E-state index contributed by atoms with van der Waals surface area (Å²) in [6, 6.07) is 8.45. The lowest BCUT2D eigenvalue weighted by Gasteiger charge is -2.06. The second-order valence-corrected chi connectivity index (χ2v) is 6.18. The van der Waals surface area contributed by atoms with E-state index >= 15 is 0 Å². The largest absolute Gasteiger partial charge is 0.497 e. The van der Waals surface area contributed by atoms with Crippen LogP contribution in [0.15, 0.2) is 42.7 Å². The fourth-order valence-electron chi connectivity index (χ4n) is 2.06. The molecule has 24 heavy (non-hydrogen) atoms. The number of nitrogens with one attached hydrogen (secondary N) is 2. The molecule has 0 aliphatic carbocycles. The number of fused-ring (bicyclic) bond motifs is 1. The van der Waals surface area contributed by atoms with E-state index in [-0.39, 0.29) is 0 Å². The van der Waals surface area contributed by atoms with Crippen molar-refractivity contribution in [3.8, 4) is 5.75 Å². The number of carbonyl (C=O) groups excluding carboxylic acids is 2. The van der Waals surface area contributed by atoms with Gasteiger partial charge < -0.3 is 4.74 Å². The zero-order chi connectivity index (χ0) is 17.1. The van der Waals surface area contributed by atoms with E-state index in [9.17, 15) is 9.59 Å². The third kappa shape index (κ3) is 3.17. The van der Waals surface area contributed by atoms with Crippen LogP contribution >= 0.6 is 22.9 Å². The van der Waals surface area contributed by atoms with Gasteiger partial charge in [-0.25, -0.2) is 0 Å². The van der Waals surface area contributed by atoms with Crippen molar-refractivity contribution in [3.05, 3.63) is 58.2 Å². The van der Waals surface area contributed by atoms with E-state index in [0.29, 0.717) is 21.2 Å². The van der Waals surface area contributed by atoms with Crippen LogP contribution in [0.1, 0.15) is 20.0 Å². The van der Waals surface area contributed by atoms with Gasteiger partial charge in [-0.15, -0.1) is 11.3 Å². The number of nitrogens with zero attached hydrogens (tertiary/aromatic N) is 1. The Labute approximate surface area is 146 Å². The Bertz CT molecular complexity index is 912. The number of hydrazine groups is 1. The summed E-state index contributed by atoms with van der Waals surface area (Å²) in [5.41, 5.74) is 5.10. The second-order valence-electron chi connectivity index (χ2n) is 4.75. The number of thiophene rings is 1. The molecular formula is C16H12ClN3O3S. The van der Waals surface area contributed by atoms with Gasteiger partial charge in [0, 0.05) is 28.0 Å². The molecule has 0 saturated carbocycles. The van der Waals surface area contributed by atoms with Gasteiger partial charge in [0.15, 0.2) is 0 Å². The van der Waals surface area contributed by atoms with Crippen molar-refractivity contribution < 1.29 is 14.3 Å². The number of carbonyl (C=O) groups is 2. The molecule has 0 unspecified atom stereocenters. The van der Waals surface area contributed by atoms with Crippen molar-refractivity contribution in [3.63, 3.8) is 0 Å². The van der Waals surface area contributed by atoms with Crippen LogP contribution in [-0.4, -0.2) is 23.9 Å². The third-order valence-corrected chi connectivity index (χ3v) is 4.93. The Morgan fingerprint density at radius 1 is 1.12 bits per heavy atom. The average Bonchev–Trinajstić information content (AvgIpc) is 2.96. The lowest BCUT2D eigenvalue weighted by molar-refractivity contribution is 0.0849. The number of hydrogen-bond donors (Lipinski definition) is 2. The minimum atomic E-state index is -0.484. The molecular weight excluding hydrogens is 350 g/mol. The van der Waals surface area contributed by atoms with E-state index in [4.69, 9.17) is 16.3 Å². The van der Waals surface area contributed by atoms with Gasteiger partial charge in [0.05, 0.1) is 12.1 Å². The highest BCUT2D eigenvalue weighted by Gasteiger charge is 2.18. The van der Waals surface area contributed by atoms with E-state index in [1.54, 1.807) is 37.4 Å². The van der Waals surface area contributed by atoms with Crippen LogP contribution in [0, 0.1) is 0 Å². The van der Waals surface area contributed by atoms with Crippen molar-refractivity contribution in [2.75, 3.05) is 7.11 Å². The van der Waals surface area contributed by atoms with Gasteiger partial charge >= 0.3 is 0 Å². The number of methoxy groups -OCH3 is 1. The fraction of sp³-hybridized carbons (Fsp3) is 0.0625. The summed E-state index contributed by atoms with van der Waals surface area (Å²) in [5.74, 6) is -0.245.